The Hall–Kier alpha value is -1.32. The summed E-state index contributed by atoms with van der Waals surface area (Å²) in [6.07, 6.45) is 3.72. The predicted octanol–water partition coefficient (Wildman–Crippen LogP) is 2.35. The summed E-state index contributed by atoms with van der Waals surface area (Å²) in [6.45, 7) is 0. The van der Waals surface area contributed by atoms with Gasteiger partial charge in [0.25, 0.3) is 0 Å². The third kappa shape index (κ3) is 2.62. The number of rotatable bonds is 3. The zero-order chi connectivity index (χ0) is 11.5. The third-order valence-corrected chi connectivity index (χ3v) is 2.69. The lowest BCUT2D eigenvalue weighted by molar-refractivity contribution is 0.178. The summed E-state index contributed by atoms with van der Waals surface area (Å²) in [5, 5.41) is 14.7. The van der Waals surface area contributed by atoms with Crippen LogP contribution in [0.25, 0.3) is 0 Å². The third-order valence-electron chi connectivity index (χ3n) is 2.44. The van der Waals surface area contributed by atoms with E-state index in [1.54, 1.807) is 23.0 Å². The Kier molecular flexibility index (Phi) is 3.27. The minimum absolute atomic E-state index is 0.513. The second-order valence-electron chi connectivity index (χ2n) is 3.79. The molecular formula is C12H13ClN2O. The van der Waals surface area contributed by atoms with Crippen LogP contribution in [0.1, 0.15) is 17.2 Å². The molecule has 84 valence electrons. The fraction of sp³-hybridized carbons (Fsp3) is 0.250. The number of aryl methyl sites for hydroxylation is 1. The number of halogens is 1. The van der Waals surface area contributed by atoms with Gasteiger partial charge in [0.2, 0.25) is 0 Å². The largest absolute Gasteiger partial charge is 0.388 e. The van der Waals surface area contributed by atoms with Crippen LogP contribution in [0.4, 0.5) is 0 Å². The van der Waals surface area contributed by atoms with Gasteiger partial charge >= 0.3 is 0 Å². The highest BCUT2D eigenvalue weighted by molar-refractivity contribution is 6.30. The Morgan fingerprint density at radius 1 is 1.38 bits per heavy atom. The van der Waals surface area contributed by atoms with Gasteiger partial charge in [-0.25, -0.2) is 0 Å². The second kappa shape index (κ2) is 4.68. The van der Waals surface area contributed by atoms with Gasteiger partial charge in [-0.05, 0) is 23.3 Å². The van der Waals surface area contributed by atoms with Crippen molar-refractivity contribution in [2.45, 2.75) is 12.5 Å². The topological polar surface area (TPSA) is 38.0 Å². The predicted molar refractivity (Wildman–Crippen MR) is 63.3 cm³/mol. The molecule has 1 aromatic carbocycles. The van der Waals surface area contributed by atoms with E-state index >= 15 is 0 Å². The SMILES string of the molecule is Cn1cc(CC(O)c2ccc(Cl)cc2)cn1. The monoisotopic (exact) mass is 236 g/mol. The molecule has 1 N–H and O–H groups in total. The zero-order valence-electron chi connectivity index (χ0n) is 8.97. The molecular weight excluding hydrogens is 224 g/mol. The molecule has 16 heavy (non-hydrogen) atoms. The Morgan fingerprint density at radius 3 is 2.62 bits per heavy atom. The molecule has 1 aromatic heterocycles. The van der Waals surface area contributed by atoms with Crippen LogP contribution in [0, 0.1) is 0 Å². The summed E-state index contributed by atoms with van der Waals surface area (Å²) in [5.74, 6) is 0. The summed E-state index contributed by atoms with van der Waals surface area (Å²) < 4.78 is 1.73. The number of aliphatic hydroxyl groups excluding tert-OH is 1. The molecule has 0 aliphatic carbocycles. The first kappa shape index (κ1) is 11.2. The van der Waals surface area contributed by atoms with Gasteiger partial charge < -0.3 is 5.11 Å². The highest BCUT2D eigenvalue weighted by atomic mass is 35.5. The molecule has 0 radical (unpaired) electrons. The molecule has 2 rings (SSSR count). The van der Waals surface area contributed by atoms with Crippen molar-refractivity contribution in [1.29, 1.82) is 0 Å². The van der Waals surface area contributed by atoms with Crippen LogP contribution < -0.4 is 0 Å². The van der Waals surface area contributed by atoms with Crippen LogP contribution >= 0.6 is 11.6 Å². The lowest BCUT2D eigenvalue weighted by atomic mass is 10.0. The van der Waals surface area contributed by atoms with Crippen molar-refractivity contribution in [3.8, 4) is 0 Å². The van der Waals surface area contributed by atoms with Gasteiger partial charge in [-0.15, -0.1) is 0 Å². The number of hydrogen-bond acceptors (Lipinski definition) is 2. The summed E-state index contributed by atoms with van der Waals surface area (Å²) in [6, 6.07) is 7.24. The standard InChI is InChI=1S/C12H13ClN2O/c1-15-8-9(7-14-15)6-12(16)10-2-4-11(13)5-3-10/h2-5,7-8,12,16H,6H2,1H3. The molecule has 0 saturated carbocycles. The minimum atomic E-state index is -0.513. The van der Waals surface area contributed by atoms with E-state index in [0.29, 0.717) is 11.4 Å². The number of aliphatic hydroxyl groups is 1. The second-order valence-corrected chi connectivity index (χ2v) is 4.23. The highest BCUT2D eigenvalue weighted by Gasteiger charge is 2.09. The molecule has 2 aromatic rings. The van der Waals surface area contributed by atoms with Crippen molar-refractivity contribution < 1.29 is 5.11 Å². The summed E-state index contributed by atoms with van der Waals surface area (Å²) in [5.41, 5.74) is 1.89. The normalized spacial score (nSPS) is 12.7. The van der Waals surface area contributed by atoms with E-state index < -0.39 is 6.10 Å². The molecule has 1 heterocycles. The lowest BCUT2D eigenvalue weighted by Gasteiger charge is -2.09. The Morgan fingerprint density at radius 2 is 2.06 bits per heavy atom. The molecule has 0 aliphatic heterocycles. The maximum atomic E-state index is 9.99. The maximum absolute atomic E-state index is 9.99. The van der Waals surface area contributed by atoms with E-state index in [2.05, 4.69) is 5.10 Å². The zero-order valence-corrected chi connectivity index (χ0v) is 9.72. The van der Waals surface area contributed by atoms with Gasteiger partial charge in [0.05, 0.1) is 12.3 Å². The van der Waals surface area contributed by atoms with Crippen molar-refractivity contribution in [3.05, 3.63) is 52.8 Å². The first-order valence-electron chi connectivity index (χ1n) is 5.06. The number of hydrogen-bond donors (Lipinski definition) is 1. The average molecular weight is 237 g/mol. The summed E-state index contributed by atoms with van der Waals surface area (Å²) in [7, 11) is 1.86. The Labute approximate surface area is 99.3 Å². The highest BCUT2D eigenvalue weighted by Crippen LogP contribution is 2.19. The molecule has 0 aliphatic rings. The molecule has 1 atom stereocenters. The van der Waals surface area contributed by atoms with E-state index in [4.69, 9.17) is 11.6 Å². The number of nitrogens with zero attached hydrogens (tertiary/aromatic N) is 2. The molecule has 0 bridgehead atoms. The maximum Gasteiger partial charge on any atom is 0.0831 e. The van der Waals surface area contributed by atoms with E-state index in [1.807, 2.05) is 25.4 Å². The molecule has 3 nitrogen and oxygen atoms in total. The minimum Gasteiger partial charge on any atom is -0.388 e. The van der Waals surface area contributed by atoms with Gasteiger partial charge in [-0.3, -0.25) is 4.68 Å². The molecule has 0 saturated heterocycles. The van der Waals surface area contributed by atoms with Gasteiger partial charge in [-0.1, -0.05) is 23.7 Å². The van der Waals surface area contributed by atoms with Crippen molar-refractivity contribution in [1.82, 2.24) is 9.78 Å². The van der Waals surface area contributed by atoms with Crippen LogP contribution in [0.2, 0.25) is 5.02 Å². The van der Waals surface area contributed by atoms with Crippen LogP contribution in [0.3, 0.4) is 0 Å². The van der Waals surface area contributed by atoms with Gasteiger partial charge in [0.1, 0.15) is 0 Å². The quantitative estimate of drug-likeness (QED) is 0.889. The molecule has 4 heteroatoms. The van der Waals surface area contributed by atoms with Crippen LogP contribution in [0.5, 0.6) is 0 Å². The fourth-order valence-electron chi connectivity index (χ4n) is 1.60. The Balaban J connectivity index is 2.08. The number of aromatic nitrogens is 2. The van der Waals surface area contributed by atoms with Gasteiger partial charge in [0.15, 0.2) is 0 Å². The lowest BCUT2D eigenvalue weighted by Crippen LogP contribution is -2.00. The van der Waals surface area contributed by atoms with Crippen molar-refractivity contribution in [3.63, 3.8) is 0 Å². The summed E-state index contributed by atoms with van der Waals surface area (Å²) in [4.78, 5) is 0. The smallest absolute Gasteiger partial charge is 0.0831 e. The fourth-order valence-corrected chi connectivity index (χ4v) is 1.73. The van der Waals surface area contributed by atoms with E-state index in [0.717, 1.165) is 11.1 Å². The number of benzene rings is 1. The molecule has 1 unspecified atom stereocenters. The van der Waals surface area contributed by atoms with Crippen molar-refractivity contribution >= 4 is 11.6 Å². The van der Waals surface area contributed by atoms with Crippen molar-refractivity contribution in [2.24, 2.45) is 7.05 Å². The summed E-state index contributed by atoms with van der Waals surface area (Å²) >= 11 is 5.78. The molecule has 0 spiro atoms. The molecule has 0 amide bonds. The van der Waals surface area contributed by atoms with E-state index in [9.17, 15) is 5.11 Å². The first-order valence-corrected chi connectivity index (χ1v) is 5.44. The van der Waals surface area contributed by atoms with Crippen molar-refractivity contribution in [2.75, 3.05) is 0 Å². The van der Waals surface area contributed by atoms with E-state index in [1.165, 1.54) is 0 Å². The molecule has 0 fully saturated rings. The van der Waals surface area contributed by atoms with Gasteiger partial charge in [0, 0.05) is 24.7 Å². The van der Waals surface area contributed by atoms with Crippen LogP contribution in [-0.2, 0) is 13.5 Å². The van der Waals surface area contributed by atoms with E-state index in [-0.39, 0.29) is 0 Å². The Bertz CT molecular complexity index is 464. The average Bonchev–Trinajstić information content (AvgIpc) is 2.65. The van der Waals surface area contributed by atoms with Gasteiger partial charge in [-0.2, -0.15) is 5.10 Å². The van der Waals surface area contributed by atoms with Crippen LogP contribution in [-0.4, -0.2) is 14.9 Å². The van der Waals surface area contributed by atoms with Crippen LogP contribution in [0.15, 0.2) is 36.7 Å². The first-order chi connectivity index (χ1) is 7.65.